The molecule has 0 unspecified atom stereocenters. The van der Waals surface area contributed by atoms with Gasteiger partial charge < -0.3 is 0 Å². The maximum absolute atomic E-state index is 12.0. The molecule has 0 spiro atoms. The van der Waals surface area contributed by atoms with Crippen LogP contribution in [0.4, 0.5) is 0 Å². The molecule has 90 valence electrons. The zero-order valence-corrected chi connectivity index (χ0v) is 11.4. The summed E-state index contributed by atoms with van der Waals surface area (Å²) in [6.45, 7) is 3.91. The van der Waals surface area contributed by atoms with Crippen molar-refractivity contribution >= 4 is 21.7 Å². The zero-order chi connectivity index (χ0) is 12.3. The van der Waals surface area contributed by atoms with Gasteiger partial charge in [-0.1, -0.05) is 40.6 Å². The minimum atomic E-state index is 0.141. The number of ketones is 1. The van der Waals surface area contributed by atoms with E-state index >= 15 is 0 Å². The quantitative estimate of drug-likeness (QED) is 0.751. The van der Waals surface area contributed by atoms with Gasteiger partial charge in [0.15, 0.2) is 0 Å². The van der Waals surface area contributed by atoms with Gasteiger partial charge >= 0.3 is 0 Å². The van der Waals surface area contributed by atoms with E-state index in [1.165, 1.54) is 5.56 Å². The summed E-state index contributed by atoms with van der Waals surface area (Å²) in [6, 6.07) is 8.22. The summed E-state index contributed by atoms with van der Waals surface area (Å²) in [5, 5.41) is 0. The van der Waals surface area contributed by atoms with E-state index in [0.29, 0.717) is 5.78 Å². The van der Waals surface area contributed by atoms with Crippen molar-refractivity contribution in [1.82, 2.24) is 0 Å². The van der Waals surface area contributed by atoms with Crippen molar-refractivity contribution in [2.75, 3.05) is 0 Å². The molecule has 0 bridgehead atoms. The number of hydrogen-bond donors (Lipinski definition) is 0. The molecule has 1 saturated carbocycles. The lowest BCUT2D eigenvalue weighted by atomic mass is 9.76. The number of hydrogen-bond acceptors (Lipinski definition) is 1. The van der Waals surface area contributed by atoms with E-state index in [9.17, 15) is 4.79 Å². The van der Waals surface area contributed by atoms with Gasteiger partial charge in [0.25, 0.3) is 0 Å². The van der Waals surface area contributed by atoms with Crippen LogP contribution in [0.3, 0.4) is 0 Å². The van der Waals surface area contributed by atoms with Gasteiger partial charge in [0.1, 0.15) is 5.78 Å². The Labute approximate surface area is 111 Å². The Bertz CT molecular complexity index is 407. The van der Waals surface area contributed by atoms with Crippen molar-refractivity contribution in [2.45, 2.75) is 31.6 Å². The molecule has 1 nitrogen and oxygen atoms in total. The van der Waals surface area contributed by atoms with E-state index in [1.54, 1.807) is 0 Å². The molecule has 1 aromatic carbocycles. The molecule has 17 heavy (non-hydrogen) atoms. The van der Waals surface area contributed by atoms with Gasteiger partial charge in [0.2, 0.25) is 0 Å². The lowest BCUT2D eigenvalue weighted by Crippen LogP contribution is -2.24. The standard InChI is InChI=1S/C15H17BrO/c1-2-13(11-7-9-12(16)10-8-11)14-5-3-4-6-15(14)17/h2,7-10,13-14H,1,3-6H2/t13-,14+/m0/s1. The van der Waals surface area contributed by atoms with Crippen LogP contribution in [0.5, 0.6) is 0 Å². The summed E-state index contributed by atoms with van der Waals surface area (Å²) in [5.74, 6) is 0.724. The van der Waals surface area contributed by atoms with Crippen LogP contribution in [0.2, 0.25) is 0 Å². The third-order valence-corrected chi connectivity index (χ3v) is 4.07. The number of carbonyl (C=O) groups excluding carboxylic acids is 1. The van der Waals surface area contributed by atoms with Gasteiger partial charge in [0, 0.05) is 22.7 Å². The van der Waals surface area contributed by atoms with E-state index in [0.717, 1.165) is 30.2 Å². The van der Waals surface area contributed by atoms with Gasteiger partial charge in [-0.25, -0.2) is 0 Å². The van der Waals surface area contributed by atoms with Crippen LogP contribution < -0.4 is 0 Å². The summed E-state index contributed by atoms with van der Waals surface area (Å²) < 4.78 is 1.07. The number of benzene rings is 1. The Kier molecular flexibility index (Phi) is 4.16. The van der Waals surface area contributed by atoms with Crippen LogP contribution >= 0.6 is 15.9 Å². The molecule has 1 aromatic rings. The molecule has 0 saturated heterocycles. The molecule has 2 atom stereocenters. The Morgan fingerprint density at radius 3 is 2.59 bits per heavy atom. The fraction of sp³-hybridized carbons (Fsp3) is 0.400. The summed E-state index contributed by atoms with van der Waals surface area (Å²) in [4.78, 5) is 12.0. The Balaban J connectivity index is 2.23. The highest BCUT2D eigenvalue weighted by molar-refractivity contribution is 9.10. The lowest BCUT2D eigenvalue weighted by Gasteiger charge is -2.27. The highest BCUT2D eigenvalue weighted by atomic mass is 79.9. The van der Waals surface area contributed by atoms with Crippen LogP contribution in [0, 0.1) is 5.92 Å². The summed E-state index contributed by atoms with van der Waals surface area (Å²) in [7, 11) is 0. The molecule has 0 radical (unpaired) electrons. The molecule has 2 heteroatoms. The molecular weight excluding hydrogens is 276 g/mol. The maximum Gasteiger partial charge on any atom is 0.136 e. The van der Waals surface area contributed by atoms with Crippen molar-refractivity contribution in [3.05, 3.63) is 47.0 Å². The number of allylic oxidation sites excluding steroid dienone is 1. The van der Waals surface area contributed by atoms with E-state index in [1.807, 2.05) is 18.2 Å². The first-order valence-electron chi connectivity index (χ1n) is 6.13. The average Bonchev–Trinajstić information content (AvgIpc) is 2.35. The molecule has 2 rings (SSSR count). The first-order chi connectivity index (χ1) is 8.22. The number of halogens is 1. The van der Waals surface area contributed by atoms with Gasteiger partial charge in [-0.15, -0.1) is 6.58 Å². The van der Waals surface area contributed by atoms with Gasteiger partial charge in [-0.3, -0.25) is 4.79 Å². The second-order valence-corrected chi connectivity index (χ2v) is 5.55. The summed E-state index contributed by atoms with van der Waals surface area (Å²) in [5.41, 5.74) is 1.20. The Hall–Kier alpha value is -0.890. The summed E-state index contributed by atoms with van der Waals surface area (Å²) >= 11 is 3.43. The van der Waals surface area contributed by atoms with Gasteiger partial charge in [-0.05, 0) is 30.5 Å². The Morgan fingerprint density at radius 2 is 2.00 bits per heavy atom. The minimum Gasteiger partial charge on any atom is -0.299 e. The molecule has 0 aliphatic heterocycles. The molecule has 0 aromatic heterocycles. The topological polar surface area (TPSA) is 17.1 Å². The van der Waals surface area contributed by atoms with Crippen LogP contribution in [0.1, 0.15) is 37.2 Å². The van der Waals surface area contributed by atoms with Crippen molar-refractivity contribution in [1.29, 1.82) is 0 Å². The number of carbonyl (C=O) groups is 1. The fourth-order valence-corrected chi connectivity index (χ4v) is 2.87. The van der Waals surface area contributed by atoms with Gasteiger partial charge in [0.05, 0.1) is 0 Å². The van der Waals surface area contributed by atoms with Crippen molar-refractivity contribution in [2.24, 2.45) is 5.92 Å². The smallest absolute Gasteiger partial charge is 0.136 e. The normalized spacial score (nSPS) is 22.2. The molecule has 0 N–H and O–H groups in total. The van der Waals surface area contributed by atoms with Crippen molar-refractivity contribution in [3.8, 4) is 0 Å². The zero-order valence-electron chi connectivity index (χ0n) is 9.86. The van der Waals surface area contributed by atoms with E-state index < -0.39 is 0 Å². The first-order valence-corrected chi connectivity index (χ1v) is 6.92. The van der Waals surface area contributed by atoms with E-state index in [-0.39, 0.29) is 11.8 Å². The third-order valence-electron chi connectivity index (χ3n) is 3.54. The molecule has 0 heterocycles. The molecule has 1 aliphatic rings. The third kappa shape index (κ3) is 2.86. The second-order valence-electron chi connectivity index (χ2n) is 4.63. The number of rotatable bonds is 3. The van der Waals surface area contributed by atoms with Crippen LogP contribution in [0.25, 0.3) is 0 Å². The highest BCUT2D eigenvalue weighted by Crippen LogP contribution is 2.35. The SMILES string of the molecule is C=C[C@@H](c1ccc(Br)cc1)[C@H]1CCCCC1=O. The second kappa shape index (κ2) is 5.63. The lowest BCUT2D eigenvalue weighted by molar-refractivity contribution is -0.124. The van der Waals surface area contributed by atoms with Crippen LogP contribution in [-0.4, -0.2) is 5.78 Å². The molecule has 1 fully saturated rings. The van der Waals surface area contributed by atoms with E-state index in [2.05, 4.69) is 34.6 Å². The minimum absolute atomic E-state index is 0.141. The van der Waals surface area contributed by atoms with Crippen molar-refractivity contribution in [3.63, 3.8) is 0 Å². The van der Waals surface area contributed by atoms with Gasteiger partial charge in [-0.2, -0.15) is 0 Å². The fourth-order valence-electron chi connectivity index (χ4n) is 2.61. The monoisotopic (exact) mass is 292 g/mol. The Morgan fingerprint density at radius 1 is 1.29 bits per heavy atom. The summed E-state index contributed by atoms with van der Waals surface area (Å²) in [6.07, 6.45) is 5.89. The number of Topliss-reactive ketones (excluding diaryl/α,β-unsaturated/α-hetero) is 1. The molecule has 0 amide bonds. The first kappa shape index (κ1) is 12.6. The van der Waals surface area contributed by atoms with Crippen molar-refractivity contribution < 1.29 is 4.79 Å². The highest BCUT2D eigenvalue weighted by Gasteiger charge is 2.29. The van der Waals surface area contributed by atoms with Crippen LogP contribution in [0.15, 0.2) is 41.4 Å². The predicted octanol–water partition coefficient (Wildman–Crippen LogP) is 4.48. The largest absolute Gasteiger partial charge is 0.299 e. The molecule has 1 aliphatic carbocycles. The van der Waals surface area contributed by atoms with E-state index in [4.69, 9.17) is 0 Å². The predicted molar refractivity (Wildman–Crippen MR) is 74.0 cm³/mol. The van der Waals surface area contributed by atoms with Crippen LogP contribution in [-0.2, 0) is 4.79 Å². The maximum atomic E-state index is 12.0. The average molecular weight is 293 g/mol. The molecular formula is C15H17BrO.